The molecule has 0 spiro atoms. The summed E-state index contributed by atoms with van der Waals surface area (Å²) in [6, 6.07) is 13.5. The maximum absolute atomic E-state index is 10.4. The molecule has 0 fully saturated rings. The van der Waals surface area contributed by atoms with Crippen LogP contribution in [0.4, 0.5) is 0 Å². The van der Waals surface area contributed by atoms with Gasteiger partial charge in [0.15, 0.2) is 0 Å². The van der Waals surface area contributed by atoms with Gasteiger partial charge in [0.05, 0.1) is 12.7 Å². The normalized spacial score (nSPS) is 12.2. The molecule has 1 N–H and O–H groups in total. The molecule has 0 aliphatic heterocycles. The van der Waals surface area contributed by atoms with Crippen molar-refractivity contribution in [2.45, 2.75) is 32.8 Å². The number of rotatable bonds is 6. The summed E-state index contributed by atoms with van der Waals surface area (Å²) in [6.45, 7) is 4.75. The van der Waals surface area contributed by atoms with Crippen molar-refractivity contribution in [1.82, 2.24) is 0 Å². The highest BCUT2D eigenvalue weighted by Crippen LogP contribution is 2.26. The summed E-state index contributed by atoms with van der Waals surface area (Å²) in [5.41, 5.74) is 2.92. The van der Waals surface area contributed by atoms with E-state index >= 15 is 0 Å². The highest BCUT2D eigenvalue weighted by molar-refractivity contribution is 6.31. The molecule has 1 atom stereocenters. The topological polar surface area (TPSA) is 29.5 Å². The lowest BCUT2D eigenvalue weighted by atomic mass is 10.0. The first-order chi connectivity index (χ1) is 10.1. The first kappa shape index (κ1) is 15.9. The Kier molecular flexibility index (Phi) is 5.66. The molecule has 2 aromatic rings. The second-order valence-electron chi connectivity index (χ2n) is 5.24. The lowest BCUT2D eigenvalue weighted by Crippen LogP contribution is -2.03. The predicted molar refractivity (Wildman–Crippen MR) is 87.1 cm³/mol. The molecular formula is C18H21ClO2. The molecule has 21 heavy (non-hydrogen) atoms. The summed E-state index contributed by atoms with van der Waals surface area (Å²) in [4.78, 5) is 0. The third-order valence-corrected chi connectivity index (χ3v) is 3.69. The fourth-order valence-corrected chi connectivity index (χ4v) is 2.49. The van der Waals surface area contributed by atoms with Gasteiger partial charge in [0.25, 0.3) is 0 Å². The van der Waals surface area contributed by atoms with E-state index in [1.165, 1.54) is 0 Å². The minimum Gasteiger partial charge on any atom is -0.494 e. The van der Waals surface area contributed by atoms with Crippen LogP contribution in [-0.2, 0) is 6.42 Å². The number of hydrogen-bond donors (Lipinski definition) is 1. The third-order valence-electron chi connectivity index (χ3n) is 3.34. The zero-order valence-electron chi connectivity index (χ0n) is 12.5. The van der Waals surface area contributed by atoms with E-state index in [0.29, 0.717) is 18.1 Å². The molecule has 3 heteroatoms. The second kappa shape index (κ2) is 7.48. The van der Waals surface area contributed by atoms with Crippen LogP contribution in [0.1, 0.15) is 36.1 Å². The molecule has 0 heterocycles. The van der Waals surface area contributed by atoms with Gasteiger partial charge in [-0.2, -0.15) is 0 Å². The molecule has 0 aliphatic carbocycles. The van der Waals surface area contributed by atoms with Gasteiger partial charge >= 0.3 is 0 Å². The second-order valence-corrected chi connectivity index (χ2v) is 5.64. The van der Waals surface area contributed by atoms with E-state index in [1.807, 2.05) is 49.4 Å². The summed E-state index contributed by atoms with van der Waals surface area (Å²) in [6.07, 6.45) is 0.873. The maximum Gasteiger partial charge on any atom is 0.119 e. The van der Waals surface area contributed by atoms with E-state index in [2.05, 4.69) is 6.92 Å². The number of aliphatic hydroxyl groups is 1. The van der Waals surface area contributed by atoms with Gasteiger partial charge in [-0.15, -0.1) is 0 Å². The van der Waals surface area contributed by atoms with Gasteiger partial charge in [0.2, 0.25) is 0 Å². The van der Waals surface area contributed by atoms with Gasteiger partial charge in [0.1, 0.15) is 5.75 Å². The number of ether oxygens (including phenoxy) is 1. The summed E-state index contributed by atoms with van der Waals surface area (Å²) >= 11 is 6.23. The van der Waals surface area contributed by atoms with Crippen LogP contribution in [0.15, 0.2) is 42.5 Å². The maximum atomic E-state index is 10.4. The summed E-state index contributed by atoms with van der Waals surface area (Å²) in [5, 5.41) is 11.1. The zero-order valence-corrected chi connectivity index (χ0v) is 13.2. The van der Waals surface area contributed by atoms with E-state index in [1.54, 1.807) is 0 Å². The molecule has 0 amide bonds. The molecular weight excluding hydrogens is 284 g/mol. The lowest BCUT2D eigenvalue weighted by Gasteiger charge is -2.14. The number of aliphatic hydroxyl groups excluding tert-OH is 1. The van der Waals surface area contributed by atoms with Crippen LogP contribution in [0.3, 0.4) is 0 Å². The van der Waals surface area contributed by atoms with E-state index < -0.39 is 6.10 Å². The number of hydrogen-bond acceptors (Lipinski definition) is 2. The van der Waals surface area contributed by atoms with Crippen molar-refractivity contribution in [2.24, 2.45) is 0 Å². The fourth-order valence-electron chi connectivity index (χ4n) is 2.18. The first-order valence-corrected chi connectivity index (χ1v) is 7.63. The Hall–Kier alpha value is -1.51. The molecule has 2 nitrogen and oxygen atoms in total. The SMILES string of the molecule is CCCOc1cccc(C(O)Cc2ccc(C)cc2Cl)c1. The third kappa shape index (κ3) is 4.48. The first-order valence-electron chi connectivity index (χ1n) is 7.26. The number of benzene rings is 2. The van der Waals surface area contributed by atoms with Crippen LogP contribution in [0.2, 0.25) is 5.02 Å². The Balaban J connectivity index is 2.10. The highest BCUT2D eigenvalue weighted by Gasteiger charge is 2.12. The Labute approximate surface area is 131 Å². The van der Waals surface area contributed by atoms with Gasteiger partial charge in [-0.25, -0.2) is 0 Å². The average Bonchev–Trinajstić information content (AvgIpc) is 2.48. The summed E-state index contributed by atoms with van der Waals surface area (Å²) in [5.74, 6) is 0.795. The van der Waals surface area contributed by atoms with Crippen molar-refractivity contribution < 1.29 is 9.84 Å². The van der Waals surface area contributed by atoms with E-state index in [9.17, 15) is 5.11 Å². The van der Waals surface area contributed by atoms with Crippen molar-refractivity contribution in [1.29, 1.82) is 0 Å². The lowest BCUT2D eigenvalue weighted by molar-refractivity contribution is 0.178. The van der Waals surface area contributed by atoms with Gasteiger partial charge in [-0.1, -0.05) is 42.8 Å². The standard InChI is InChI=1S/C18H21ClO2/c1-3-9-21-16-6-4-5-15(11-16)18(20)12-14-8-7-13(2)10-17(14)19/h4-8,10-11,18,20H,3,9,12H2,1-2H3. The summed E-state index contributed by atoms with van der Waals surface area (Å²) < 4.78 is 5.60. The Bertz CT molecular complexity index is 596. The molecule has 2 aromatic carbocycles. The van der Waals surface area contributed by atoms with Crippen molar-refractivity contribution in [3.05, 3.63) is 64.2 Å². The van der Waals surface area contributed by atoms with E-state index in [0.717, 1.165) is 28.9 Å². The van der Waals surface area contributed by atoms with Gasteiger partial charge < -0.3 is 9.84 Å². The van der Waals surface area contributed by atoms with Gasteiger partial charge in [-0.3, -0.25) is 0 Å². The molecule has 0 aliphatic rings. The smallest absolute Gasteiger partial charge is 0.119 e. The molecule has 0 aromatic heterocycles. The van der Waals surface area contributed by atoms with E-state index in [-0.39, 0.29) is 0 Å². The van der Waals surface area contributed by atoms with Gasteiger partial charge in [0, 0.05) is 11.4 Å². The minimum absolute atomic E-state index is 0.496. The van der Waals surface area contributed by atoms with Crippen molar-refractivity contribution >= 4 is 11.6 Å². The van der Waals surface area contributed by atoms with Crippen LogP contribution in [0, 0.1) is 6.92 Å². The number of aryl methyl sites for hydroxylation is 1. The van der Waals surface area contributed by atoms with Crippen LogP contribution >= 0.6 is 11.6 Å². The average molecular weight is 305 g/mol. The zero-order chi connectivity index (χ0) is 15.2. The van der Waals surface area contributed by atoms with Crippen LogP contribution in [0.25, 0.3) is 0 Å². The fraction of sp³-hybridized carbons (Fsp3) is 0.333. The van der Waals surface area contributed by atoms with Crippen LogP contribution in [0.5, 0.6) is 5.75 Å². The molecule has 0 saturated carbocycles. The monoisotopic (exact) mass is 304 g/mol. The van der Waals surface area contributed by atoms with Crippen molar-refractivity contribution in [3.63, 3.8) is 0 Å². The van der Waals surface area contributed by atoms with Crippen LogP contribution in [-0.4, -0.2) is 11.7 Å². The number of halogens is 1. The quantitative estimate of drug-likeness (QED) is 0.837. The highest BCUT2D eigenvalue weighted by atomic mass is 35.5. The molecule has 2 rings (SSSR count). The molecule has 1 unspecified atom stereocenters. The predicted octanol–water partition coefficient (Wildman–Crippen LogP) is 4.71. The Morgan fingerprint density at radius 3 is 2.71 bits per heavy atom. The minimum atomic E-state index is -0.588. The Morgan fingerprint density at radius 2 is 2.00 bits per heavy atom. The Morgan fingerprint density at radius 1 is 1.19 bits per heavy atom. The van der Waals surface area contributed by atoms with Crippen LogP contribution < -0.4 is 4.74 Å². The molecule has 112 valence electrons. The van der Waals surface area contributed by atoms with Crippen molar-refractivity contribution in [3.8, 4) is 5.75 Å². The summed E-state index contributed by atoms with van der Waals surface area (Å²) in [7, 11) is 0. The molecule has 0 saturated heterocycles. The van der Waals surface area contributed by atoms with E-state index in [4.69, 9.17) is 16.3 Å². The van der Waals surface area contributed by atoms with Crippen molar-refractivity contribution in [2.75, 3.05) is 6.61 Å². The molecule has 0 radical (unpaired) electrons. The molecule has 0 bridgehead atoms. The van der Waals surface area contributed by atoms with Gasteiger partial charge in [-0.05, 0) is 48.2 Å². The largest absolute Gasteiger partial charge is 0.494 e.